The van der Waals surface area contributed by atoms with Gasteiger partial charge in [0, 0.05) is 26.1 Å². The monoisotopic (exact) mass is 361 g/mol. The van der Waals surface area contributed by atoms with E-state index in [-0.39, 0.29) is 0 Å². The molecule has 1 aliphatic heterocycles. The van der Waals surface area contributed by atoms with E-state index in [1.54, 1.807) is 0 Å². The topological polar surface area (TPSA) is 29.5 Å². The second kappa shape index (κ2) is 6.50. The van der Waals surface area contributed by atoms with Crippen LogP contribution in [-0.2, 0) is 9.53 Å². The fourth-order valence-electron chi connectivity index (χ4n) is 7.87. The zero-order valence-electron chi connectivity index (χ0n) is 17.6. The zero-order chi connectivity index (χ0) is 18.7. The van der Waals surface area contributed by atoms with Gasteiger partial charge < -0.3 is 9.64 Å². The number of carbonyl (C=O) groups is 1. The van der Waals surface area contributed by atoms with Gasteiger partial charge >= 0.3 is 0 Å². The van der Waals surface area contributed by atoms with Crippen molar-refractivity contribution in [3.63, 3.8) is 0 Å². The minimum Gasteiger partial charge on any atom is -0.378 e. The Bertz CT molecular complexity index is 562. The van der Waals surface area contributed by atoms with Crippen molar-refractivity contribution in [3.05, 3.63) is 0 Å². The van der Waals surface area contributed by atoms with Crippen LogP contribution in [0, 0.1) is 34.5 Å². The molecule has 3 aliphatic carbocycles. The Morgan fingerprint density at radius 1 is 1.19 bits per heavy atom. The second-order valence-electron chi connectivity index (χ2n) is 10.7. The number of rotatable bonds is 3. The summed E-state index contributed by atoms with van der Waals surface area (Å²) in [6.07, 6.45) is 9.93. The third kappa shape index (κ3) is 2.67. The van der Waals surface area contributed by atoms with Crippen LogP contribution in [0.5, 0.6) is 0 Å². The number of amides is 1. The van der Waals surface area contributed by atoms with Gasteiger partial charge in [-0.1, -0.05) is 27.7 Å². The van der Waals surface area contributed by atoms with Crippen molar-refractivity contribution in [2.75, 3.05) is 13.7 Å². The maximum absolute atomic E-state index is 12.3. The first-order valence-electron chi connectivity index (χ1n) is 11.2. The van der Waals surface area contributed by atoms with Gasteiger partial charge in [0.2, 0.25) is 5.91 Å². The summed E-state index contributed by atoms with van der Waals surface area (Å²) in [4.78, 5) is 14.5. The third-order valence-corrected chi connectivity index (χ3v) is 9.22. The quantitative estimate of drug-likeness (QED) is 0.716. The molecule has 8 atom stereocenters. The predicted octanol–water partition coefficient (Wildman–Crippen LogP) is 4.89. The third-order valence-electron chi connectivity index (χ3n) is 9.22. The largest absolute Gasteiger partial charge is 0.378 e. The molecule has 0 radical (unpaired) electrons. The van der Waals surface area contributed by atoms with E-state index in [1.165, 1.54) is 32.1 Å². The average Bonchev–Trinajstić information content (AvgIpc) is 2.95. The maximum Gasteiger partial charge on any atom is 0.222 e. The lowest BCUT2D eigenvalue weighted by Gasteiger charge is -2.63. The predicted molar refractivity (Wildman–Crippen MR) is 105 cm³/mol. The molecular weight excluding hydrogens is 322 g/mol. The van der Waals surface area contributed by atoms with Crippen LogP contribution in [-0.4, -0.2) is 36.6 Å². The van der Waals surface area contributed by atoms with Gasteiger partial charge in [0.05, 0.1) is 6.10 Å². The van der Waals surface area contributed by atoms with Gasteiger partial charge in [-0.3, -0.25) is 4.79 Å². The van der Waals surface area contributed by atoms with Crippen LogP contribution >= 0.6 is 0 Å². The molecule has 26 heavy (non-hydrogen) atoms. The second-order valence-corrected chi connectivity index (χ2v) is 10.7. The smallest absolute Gasteiger partial charge is 0.222 e. The summed E-state index contributed by atoms with van der Waals surface area (Å²) in [6, 6.07) is 0.456. The van der Waals surface area contributed by atoms with Gasteiger partial charge in [0.25, 0.3) is 0 Å². The summed E-state index contributed by atoms with van der Waals surface area (Å²) in [5, 5.41) is 0. The van der Waals surface area contributed by atoms with Crippen LogP contribution in [0.2, 0.25) is 0 Å². The Balaban J connectivity index is 1.61. The van der Waals surface area contributed by atoms with Crippen LogP contribution in [0.1, 0.15) is 79.1 Å². The molecule has 4 aliphatic rings. The molecule has 5 unspecified atom stereocenters. The summed E-state index contributed by atoms with van der Waals surface area (Å²) in [5.74, 6) is 3.52. The van der Waals surface area contributed by atoms with E-state index in [0.29, 0.717) is 28.9 Å². The Hall–Kier alpha value is -0.570. The Morgan fingerprint density at radius 3 is 2.69 bits per heavy atom. The van der Waals surface area contributed by atoms with Crippen molar-refractivity contribution in [3.8, 4) is 0 Å². The standard InChI is InChI=1S/C23H39NO2/c1-6-11-26-16-13-18-21-15(2)12-19-23(4,10-8-20(25)24(19)5)17(21)7-9-22(18,3)14-16/h15-19,21H,6-14H2,1-5H3/t15?,16-,17?,18?,19?,21?,22-,23-/m1/s1. The van der Waals surface area contributed by atoms with Crippen molar-refractivity contribution in [1.29, 1.82) is 0 Å². The Morgan fingerprint density at radius 2 is 1.96 bits per heavy atom. The molecule has 1 saturated heterocycles. The molecule has 0 spiro atoms. The van der Waals surface area contributed by atoms with Crippen molar-refractivity contribution < 1.29 is 9.53 Å². The molecule has 4 fully saturated rings. The van der Waals surface area contributed by atoms with Crippen molar-refractivity contribution in [2.45, 2.75) is 91.2 Å². The maximum atomic E-state index is 12.3. The van der Waals surface area contributed by atoms with Crippen LogP contribution in [0.15, 0.2) is 0 Å². The first-order chi connectivity index (χ1) is 12.3. The molecule has 1 amide bonds. The molecule has 148 valence electrons. The molecule has 0 N–H and O–H groups in total. The molecular formula is C23H39NO2. The van der Waals surface area contributed by atoms with Crippen molar-refractivity contribution in [1.82, 2.24) is 4.90 Å². The highest BCUT2D eigenvalue weighted by Gasteiger charge is 2.62. The van der Waals surface area contributed by atoms with Gasteiger partial charge in [-0.25, -0.2) is 0 Å². The SMILES string of the molecule is CCCO[C@@H]1CC2C3C(C)CC4N(C)C(=O)CC[C@]4(C)C3CC[C@]2(C)C1. The van der Waals surface area contributed by atoms with E-state index in [9.17, 15) is 4.79 Å². The van der Waals surface area contributed by atoms with Gasteiger partial charge in [-0.05, 0) is 79.4 Å². The van der Waals surface area contributed by atoms with Crippen LogP contribution in [0.4, 0.5) is 0 Å². The normalized spacial score (nSPS) is 51.0. The lowest BCUT2D eigenvalue weighted by Crippen LogP contribution is -2.62. The fraction of sp³-hybridized carbons (Fsp3) is 0.957. The molecule has 0 aromatic heterocycles. The van der Waals surface area contributed by atoms with E-state index >= 15 is 0 Å². The molecule has 0 aromatic rings. The van der Waals surface area contributed by atoms with E-state index in [2.05, 4.69) is 39.6 Å². The molecule has 4 rings (SSSR count). The number of likely N-dealkylation sites (tertiary alicyclic amines) is 1. The fourth-order valence-corrected chi connectivity index (χ4v) is 7.87. The number of nitrogens with zero attached hydrogens (tertiary/aromatic N) is 1. The lowest BCUT2D eigenvalue weighted by molar-refractivity contribution is -0.164. The number of hydrogen-bond donors (Lipinski definition) is 0. The first kappa shape index (κ1) is 18.8. The first-order valence-corrected chi connectivity index (χ1v) is 11.2. The molecule has 3 saturated carbocycles. The minimum absolute atomic E-state index is 0.323. The number of fused-ring (bicyclic) bond motifs is 5. The number of hydrogen-bond acceptors (Lipinski definition) is 2. The van der Waals surface area contributed by atoms with Gasteiger partial charge in [0.15, 0.2) is 0 Å². The van der Waals surface area contributed by atoms with Gasteiger partial charge in [0.1, 0.15) is 0 Å². The van der Waals surface area contributed by atoms with Crippen molar-refractivity contribution >= 4 is 5.91 Å². The lowest BCUT2D eigenvalue weighted by atomic mass is 9.45. The van der Waals surface area contributed by atoms with Crippen molar-refractivity contribution in [2.24, 2.45) is 34.5 Å². The number of ether oxygens (including phenoxy) is 1. The molecule has 3 nitrogen and oxygen atoms in total. The van der Waals surface area contributed by atoms with Gasteiger partial charge in [-0.2, -0.15) is 0 Å². The highest BCUT2D eigenvalue weighted by atomic mass is 16.5. The Kier molecular flexibility index (Phi) is 4.69. The van der Waals surface area contributed by atoms with E-state index in [4.69, 9.17) is 4.74 Å². The summed E-state index contributed by atoms with van der Waals surface area (Å²) < 4.78 is 6.23. The summed E-state index contributed by atoms with van der Waals surface area (Å²) in [7, 11) is 2.06. The molecule has 3 heteroatoms. The highest BCUT2D eigenvalue weighted by molar-refractivity contribution is 5.77. The van der Waals surface area contributed by atoms with E-state index in [0.717, 1.165) is 49.5 Å². The number of piperidine rings is 1. The molecule has 0 bridgehead atoms. The van der Waals surface area contributed by atoms with Crippen LogP contribution in [0.25, 0.3) is 0 Å². The van der Waals surface area contributed by atoms with Crippen LogP contribution in [0.3, 0.4) is 0 Å². The number of carbonyl (C=O) groups excluding carboxylic acids is 1. The molecule has 0 aromatic carbocycles. The molecule has 1 heterocycles. The summed E-state index contributed by atoms with van der Waals surface area (Å²) in [6.45, 7) is 10.7. The summed E-state index contributed by atoms with van der Waals surface area (Å²) in [5.41, 5.74) is 0.803. The average molecular weight is 362 g/mol. The Labute approximate surface area is 160 Å². The minimum atomic E-state index is 0.323. The summed E-state index contributed by atoms with van der Waals surface area (Å²) >= 11 is 0. The van der Waals surface area contributed by atoms with E-state index in [1.807, 2.05) is 0 Å². The van der Waals surface area contributed by atoms with Gasteiger partial charge in [-0.15, -0.1) is 0 Å². The zero-order valence-corrected chi connectivity index (χ0v) is 17.6. The highest BCUT2D eigenvalue weighted by Crippen LogP contribution is 2.66. The van der Waals surface area contributed by atoms with E-state index < -0.39 is 0 Å². The van der Waals surface area contributed by atoms with Crippen LogP contribution < -0.4 is 0 Å².